The predicted octanol–water partition coefficient (Wildman–Crippen LogP) is 3.07. The molecule has 12 heavy (non-hydrogen) atoms. The minimum Gasteiger partial charge on any atom is -0.377 e. The molecule has 1 unspecified atom stereocenters. The van der Waals surface area contributed by atoms with E-state index in [1.54, 1.807) is 7.11 Å². The van der Waals surface area contributed by atoms with E-state index in [4.69, 9.17) is 4.74 Å². The van der Waals surface area contributed by atoms with E-state index in [0.29, 0.717) is 0 Å². The van der Waals surface area contributed by atoms with Gasteiger partial charge in [-0.15, -0.1) is 12.6 Å². The van der Waals surface area contributed by atoms with Gasteiger partial charge in [0, 0.05) is 12.0 Å². The van der Waals surface area contributed by atoms with Gasteiger partial charge in [0.25, 0.3) is 0 Å². The molecule has 0 bridgehead atoms. The van der Waals surface area contributed by atoms with E-state index in [1.165, 1.54) is 5.56 Å². The molecule has 0 aliphatic rings. The Balaban J connectivity index is 2.85. The average molecular weight is 182 g/mol. The standard InChI is InChI=1S/C10H14OS/c1-3-10(11-2)8-5-4-6-9(12)7-8/h4-7,10,12H,3H2,1-2H3. The molecule has 1 nitrogen and oxygen atoms in total. The van der Waals surface area contributed by atoms with E-state index in [1.807, 2.05) is 18.2 Å². The van der Waals surface area contributed by atoms with Crippen LogP contribution in [-0.2, 0) is 4.74 Å². The van der Waals surface area contributed by atoms with E-state index >= 15 is 0 Å². The Morgan fingerprint density at radius 2 is 2.25 bits per heavy atom. The molecule has 1 aromatic rings. The fourth-order valence-electron chi connectivity index (χ4n) is 1.26. The van der Waals surface area contributed by atoms with Crippen LogP contribution in [0.4, 0.5) is 0 Å². The van der Waals surface area contributed by atoms with Crippen LogP contribution in [0.5, 0.6) is 0 Å². The first-order valence-corrected chi connectivity index (χ1v) is 4.54. The molecule has 0 fully saturated rings. The predicted molar refractivity (Wildman–Crippen MR) is 53.7 cm³/mol. The molecule has 0 heterocycles. The zero-order valence-electron chi connectivity index (χ0n) is 7.45. The maximum Gasteiger partial charge on any atom is 0.0818 e. The van der Waals surface area contributed by atoms with Crippen molar-refractivity contribution in [3.8, 4) is 0 Å². The third kappa shape index (κ3) is 2.26. The van der Waals surface area contributed by atoms with E-state index in [-0.39, 0.29) is 6.10 Å². The molecule has 0 radical (unpaired) electrons. The lowest BCUT2D eigenvalue weighted by Crippen LogP contribution is -1.98. The van der Waals surface area contributed by atoms with Crippen molar-refractivity contribution in [2.24, 2.45) is 0 Å². The van der Waals surface area contributed by atoms with Gasteiger partial charge < -0.3 is 4.74 Å². The molecular weight excluding hydrogens is 168 g/mol. The summed E-state index contributed by atoms with van der Waals surface area (Å²) in [6.45, 7) is 2.11. The number of ether oxygens (including phenoxy) is 1. The van der Waals surface area contributed by atoms with Crippen LogP contribution in [0.1, 0.15) is 25.0 Å². The van der Waals surface area contributed by atoms with Gasteiger partial charge in [-0.2, -0.15) is 0 Å². The lowest BCUT2D eigenvalue weighted by molar-refractivity contribution is 0.0999. The fraction of sp³-hybridized carbons (Fsp3) is 0.400. The molecule has 0 aliphatic carbocycles. The highest BCUT2D eigenvalue weighted by atomic mass is 32.1. The molecule has 66 valence electrons. The highest BCUT2D eigenvalue weighted by Crippen LogP contribution is 2.21. The Morgan fingerprint density at radius 1 is 1.50 bits per heavy atom. The molecular formula is C10H14OS. The van der Waals surface area contributed by atoms with Crippen molar-refractivity contribution in [2.75, 3.05) is 7.11 Å². The maximum absolute atomic E-state index is 5.31. The largest absolute Gasteiger partial charge is 0.377 e. The minimum atomic E-state index is 0.206. The number of methoxy groups -OCH3 is 1. The third-order valence-electron chi connectivity index (χ3n) is 1.90. The Morgan fingerprint density at radius 3 is 2.75 bits per heavy atom. The van der Waals surface area contributed by atoms with Crippen LogP contribution >= 0.6 is 12.6 Å². The first-order chi connectivity index (χ1) is 5.77. The lowest BCUT2D eigenvalue weighted by atomic mass is 10.1. The van der Waals surface area contributed by atoms with Crippen LogP contribution in [0.3, 0.4) is 0 Å². The van der Waals surface area contributed by atoms with Crippen molar-refractivity contribution in [1.29, 1.82) is 0 Å². The van der Waals surface area contributed by atoms with Gasteiger partial charge in [0.05, 0.1) is 6.10 Å². The van der Waals surface area contributed by atoms with E-state index in [0.717, 1.165) is 11.3 Å². The van der Waals surface area contributed by atoms with Crippen LogP contribution in [0.2, 0.25) is 0 Å². The van der Waals surface area contributed by atoms with Gasteiger partial charge in [-0.05, 0) is 24.1 Å². The summed E-state index contributed by atoms with van der Waals surface area (Å²) in [6, 6.07) is 8.08. The van der Waals surface area contributed by atoms with Crippen LogP contribution < -0.4 is 0 Å². The Labute approximate surface area is 79.2 Å². The third-order valence-corrected chi connectivity index (χ3v) is 2.18. The zero-order chi connectivity index (χ0) is 8.97. The van der Waals surface area contributed by atoms with Crippen LogP contribution in [-0.4, -0.2) is 7.11 Å². The number of benzene rings is 1. The van der Waals surface area contributed by atoms with Crippen LogP contribution in [0, 0.1) is 0 Å². The summed E-state index contributed by atoms with van der Waals surface area (Å²) < 4.78 is 5.31. The van der Waals surface area contributed by atoms with Crippen molar-refractivity contribution in [3.63, 3.8) is 0 Å². The highest BCUT2D eigenvalue weighted by molar-refractivity contribution is 7.80. The Hall–Kier alpha value is -0.470. The topological polar surface area (TPSA) is 9.23 Å². The lowest BCUT2D eigenvalue weighted by Gasteiger charge is -2.13. The minimum absolute atomic E-state index is 0.206. The van der Waals surface area contributed by atoms with Gasteiger partial charge in [-0.1, -0.05) is 19.1 Å². The fourth-order valence-corrected chi connectivity index (χ4v) is 1.50. The Kier molecular flexibility index (Phi) is 3.63. The molecule has 1 aromatic carbocycles. The molecule has 0 saturated carbocycles. The second kappa shape index (κ2) is 4.53. The molecule has 0 N–H and O–H groups in total. The zero-order valence-corrected chi connectivity index (χ0v) is 8.34. The van der Waals surface area contributed by atoms with Crippen molar-refractivity contribution < 1.29 is 4.74 Å². The summed E-state index contributed by atoms with van der Waals surface area (Å²) in [5.41, 5.74) is 1.20. The van der Waals surface area contributed by atoms with Crippen molar-refractivity contribution >= 4 is 12.6 Å². The van der Waals surface area contributed by atoms with Gasteiger partial charge in [-0.25, -0.2) is 0 Å². The van der Waals surface area contributed by atoms with Crippen molar-refractivity contribution in [2.45, 2.75) is 24.3 Å². The van der Waals surface area contributed by atoms with E-state index < -0.39 is 0 Å². The van der Waals surface area contributed by atoms with Gasteiger partial charge >= 0.3 is 0 Å². The second-order valence-electron chi connectivity index (χ2n) is 2.73. The highest BCUT2D eigenvalue weighted by Gasteiger charge is 2.06. The van der Waals surface area contributed by atoms with E-state index in [2.05, 4.69) is 25.6 Å². The van der Waals surface area contributed by atoms with Gasteiger partial charge in [-0.3, -0.25) is 0 Å². The molecule has 0 amide bonds. The molecule has 1 rings (SSSR count). The molecule has 0 saturated heterocycles. The summed E-state index contributed by atoms with van der Waals surface area (Å²) in [4.78, 5) is 0.989. The first-order valence-electron chi connectivity index (χ1n) is 4.09. The molecule has 2 heteroatoms. The van der Waals surface area contributed by atoms with E-state index in [9.17, 15) is 0 Å². The molecule has 1 atom stereocenters. The quantitative estimate of drug-likeness (QED) is 0.707. The maximum atomic E-state index is 5.31. The van der Waals surface area contributed by atoms with Crippen LogP contribution in [0.15, 0.2) is 29.2 Å². The summed E-state index contributed by atoms with van der Waals surface area (Å²) in [7, 11) is 1.74. The summed E-state index contributed by atoms with van der Waals surface area (Å²) in [6.07, 6.45) is 1.20. The summed E-state index contributed by atoms with van der Waals surface area (Å²) in [5, 5.41) is 0. The second-order valence-corrected chi connectivity index (χ2v) is 3.24. The van der Waals surface area contributed by atoms with Gasteiger partial charge in [0.1, 0.15) is 0 Å². The van der Waals surface area contributed by atoms with Crippen molar-refractivity contribution in [1.82, 2.24) is 0 Å². The smallest absolute Gasteiger partial charge is 0.0818 e. The number of thiol groups is 1. The normalized spacial score (nSPS) is 12.9. The summed E-state index contributed by atoms with van der Waals surface area (Å²) >= 11 is 4.27. The number of hydrogen-bond donors (Lipinski definition) is 1. The monoisotopic (exact) mass is 182 g/mol. The Bertz CT molecular complexity index is 243. The first kappa shape index (κ1) is 9.62. The van der Waals surface area contributed by atoms with Crippen LogP contribution in [0.25, 0.3) is 0 Å². The SMILES string of the molecule is CCC(OC)c1cccc(S)c1. The molecule has 0 spiro atoms. The molecule has 0 aromatic heterocycles. The van der Waals surface area contributed by atoms with Crippen molar-refractivity contribution in [3.05, 3.63) is 29.8 Å². The number of rotatable bonds is 3. The van der Waals surface area contributed by atoms with Gasteiger partial charge in [0.2, 0.25) is 0 Å². The summed E-state index contributed by atoms with van der Waals surface area (Å²) in [5.74, 6) is 0. The number of hydrogen-bond acceptors (Lipinski definition) is 2. The average Bonchev–Trinajstić information content (AvgIpc) is 2.07. The molecule has 0 aliphatic heterocycles. The van der Waals surface area contributed by atoms with Gasteiger partial charge in [0.15, 0.2) is 0 Å².